The van der Waals surface area contributed by atoms with E-state index in [1.165, 1.54) is 30.1 Å². The average Bonchev–Trinajstić information content (AvgIpc) is 3.25. The lowest BCUT2D eigenvalue weighted by Crippen LogP contribution is -2.11. The van der Waals surface area contributed by atoms with E-state index < -0.39 is 14.4 Å². The number of hydrogen-bond donors (Lipinski definition) is 2. The van der Waals surface area contributed by atoms with Crippen molar-refractivity contribution in [3.05, 3.63) is 48.3 Å². The van der Waals surface area contributed by atoms with Crippen LogP contribution in [0.15, 0.2) is 52.8 Å². The van der Waals surface area contributed by atoms with Gasteiger partial charge in [-0.2, -0.15) is 5.10 Å². The quantitative estimate of drug-likeness (QED) is 0.656. The Labute approximate surface area is 148 Å². The van der Waals surface area contributed by atoms with Crippen molar-refractivity contribution in [1.82, 2.24) is 15.2 Å². The molecule has 2 N–H and O–H groups in total. The maximum Gasteiger partial charge on any atom is 0.313 e. The van der Waals surface area contributed by atoms with Crippen LogP contribution < -0.4 is 0 Å². The molecule has 4 rings (SSSR count). The molecular weight excluding hydrogens is 390 g/mol. The Morgan fingerprint density at radius 2 is 2.00 bits per heavy atom. The third-order valence-electron chi connectivity index (χ3n) is 4.31. The summed E-state index contributed by atoms with van der Waals surface area (Å²) >= 11 is 3.75. The van der Waals surface area contributed by atoms with Gasteiger partial charge in [-0.3, -0.25) is 9.89 Å². The van der Waals surface area contributed by atoms with Crippen LogP contribution in [0.25, 0.3) is 10.8 Å². The fourth-order valence-corrected chi connectivity index (χ4v) is 7.06. The maximum absolute atomic E-state index is 11.5. The molecule has 24 heavy (non-hydrogen) atoms. The number of carboxylic acids is 1. The molecule has 1 aromatic heterocycles. The standard InChI is InChI=1S/C17H16BrN3O2S/c18-24(9-16(22)23,17-19-10-20-21-17)15-8-7-12(11-5-6-11)13-3-1-2-4-14(13)15/h1-4,7-8,10-11H,5-6,9H2,(H,22,23)(H,19,20,21). The Morgan fingerprint density at radius 3 is 2.62 bits per heavy atom. The molecule has 1 fully saturated rings. The van der Waals surface area contributed by atoms with Crippen molar-refractivity contribution < 1.29 is 9.90 Å². The summed E-state index contributed by atoms with van der Waals surface area (Å²) in [7, 11) is -2.02. The number of nitrogens with one attached hydrogen (secondary N) is 1. The van der Waals surface area contributed by atoms with Crippen LogP contribution in [0.5, 0.6) is 0 Å². The van der Waals surface area contributed by atoms with Gasteiger partial charge in [0.2, 0.25) is 0 Å². The van der Waals surface area contributed by atoms with Crippen LogP contribution in [-0.4, -0.2) is 32.0 Å². The highest BCUT2D eigenvalue weighted by atomic mass is 79.9. The molecule has 7 heteroatoms. The zero-order chi connectivity index (χ0) is 16.7. The molecule has 5 nitrogen and oxygen atoms in total. The fraction of sp³-hybridized carbons (Fsp3) is 0.235. The normalized spacial score (nSPS) is 18.2. The van der Waals surface area contributed by atoms with Gasteiger partial charge in [0, 0.05) is 4.90 Å². The predicted molar refractivity (Wildman–Crippen MR) is 97.9 cm³/mol. The zero-order valence-electron chi connectivity index (χ0n) is 12.8. The fourth-order valence-electron chi connectivity index (χ4n) is 3.10. The van der Waals surface area contributed by atoms with Crippen LogP contribution >= 0.6 is 23.3 Å². The minimum atomic E-state index is -2.02. The molecule has 1 atom stereocenters. The number of aromatic amines is 1. The van der Waals surface area contributed by atoms with Crippen molar-refractivity contribution in [2.45, 2.75) is 28.8 Å². The Kier molecular flexibility index (Phi) is 3.85. The Morgan fingerprint density at radius 1 is 1.25 bits per heavy atom. The van der Waals surface area contributed by atoms with E-state index in [1.807, 2.05) is 12.1 Å². The topological polar surface area (TPSA) is 78.9 Å². The molecule has 0 saturated heterocycles. The number of nitrogens with zero attached hydrogens (tertiary/aromatic N) is 2. The number of carbonyl (C=O) groups is 1. The first kappa shape index (κ1) is 15.7. The second-order valence-corrected chi connectivity index (χ2v) is 11.7. The molecule has 3 aromatic rings. The van der Waals surface area contributed by atoms with E-state index in [0.717, 1.165) is 10.3 Å². The Bertz CT molecular complexity index is 911. The smallest absolute Gasteiger partial charge is 0.313 e. The van der Waals surface area contributed by atoms with Crippen LogP contribution in [0, 0.1) is 0 Å². The number of rotatable bonds is 5. The van der Waals surface area contributed by atoms with Crippen molar-refractivity contribution in [2.24, 2.45) is 0 Å². The van der Waals surface area contributed by atoms with Gasteiger partial charge in [0.25, 0.3) is 0 Å². The van der Waals surface area contributed by atoms with Crippen molar-refractivity contribution in [3.63, 3.8) is 0 Å². The van der Waals surface area contributed by atoms with Gasteiger partial charge in [0.1, 0.15) is 6.33 Å². The van der Waals surface area contributed by atoms with Gasteiger partial charge in [-0.25, -0.2) is 4.98 Å². The molecular formula is C17H16BrN3O2S. The maximum atomic E-state index is 11.5. The second kappa shape index (κ2) is 5.89. The molecule has 1 aliphatic carbocycles. The third kappa shape index (κ3) is 2.61. The van der Waals surface area contributed by atoms with Gasteiger partial charge in [-0.15, -0.1) is 0 Å². The minimum Gasteiger partial charge on any atom is -0.481 e. The molecule has 124 valence electrons. The van der Waals surface area contributed by atoms with Gasteiger partial charge >= 0.3 is 5.97 Å². The lowest BCUT2D eigenvalue weighted by Gasteiger charge is -2.31. The molecule has 1 unspecified atom stereocenters. The van der Waals surface area contributed by atoms with Crippen LogP contribution in [0.2, 0.25) is 0 Å². The number of fused-ring (bicyclic) bond motifs is 1. The van der Waals surface area contributed by atoms with Gasteiger partial charge in [-0.05, 0) is 56.0 Å². The molecule has 0 aliphatic heterocycles. The first-order valence-electron chi connectivity index (χ1n) is 7.69. The molecule has 1 aliphatic rings. The first-order valence-corrected chi connectivity index (χ1v) is 11.3. The molecule has 0 bridgehead atoms. The monoisotopic (exact) mass is 405 g/mol. The summed E-state index contributed by atoms with van der Waals surface area (Å²) in [6.07, 6.45) is 3.88. The number of hydrogen-bond acceptors (Lipinski definition) is 3. The summed E-state index contributed by atoms with van der Waals surface area (Å²) in [5.74, 6) is -0.281. The number of aliphatic carboxylic acids is 1. The van der Waals surface area contributed by atoms with Crippen molar-refractivity contribution in [1.29, 1.82) is 0 Å². The van der Waals surface area contributed by atoms with Crippen LogP contribution in [0.3, 0.4) is 0 Å². The number of aromatic nitrogens is 3. The summed E-state index contributed by atoms with van der Waals surface area (Å²) in [6.45, 7) is 0. The van der Waals surface area contributed by atoms with E-state index in [-0.39, 0.29) is 5.75 Å². The number of benzene rings is 2. The highest BCUT2D eigenvalue weighted by molar-refractivity contribution is 9.58. The van der Waals surface area contributed by atoms with E-state index in [1.54, 1.807) is 0 Å². The van der Waals surface area contributed by atoms with Crippen molar-refractivity contribution in [2.75, 3.05) is 5.75 Å². The van der Waals surface area contributed by atoms with Gasteiger partial charge in [0.15, 0.2) is 5.16 Å². The largest absolute Gasteiger partial charge is 0.481 e. The van der Waals surface area contributed by atoms with Crippen LogP contribution in [0.4, 0.5) is 0 Å². The van der Waals surface area contributed by atoms with Gasteiger partial charge < -0.3 is 5.11 Å². The molecule has 2 aromatic carbocycles. The van der Waals surface area contributed by atoms with E-state index in [9.17, 15) is 9.90 Å². The summed E-state index contributed by atoms with van der Waals surface area (Å²) in [5, 5.41) is 19.1. The van der Waals surface area contributed by atoms with Crippen LogP contribution in [0.1, 0.15) is 24.3 Å². The van der Waals surface area contributed by atoms with Crippen molar-refractivity contribution in [3.8, 4) is 0 Å². The van der Waals surface area contributed by atoms with E-state index >= 15 is 0 Å². The number of H-pyrrole nitrogens is 1. The van der Waals surface area contributed by atoms with E-state index in [0.29, 0.717) is 11.1 Å². The van der Waals surface area contributed by atoms with E-state index in [2.05, 4.69) is 54.3 Å². The zero-order valence-corrected chi connectivity index (χ0v) is 15.2. The molecule has 0 spiro atoms. The van der Waals surface area contributed by atoms with Gasteiger partial charge in [0.05, 0.1) is 5.75 Å². The average molecular weight is 406 g/mol. The Hall–Kier alpha value is -1.86. The summed E-state index contributed by atoms with van der Waals surface area (Å²) in [4.78, 5) is 16.8. The molecule has 0 radical (unpaired) electrons. The summed E-state index contributed by atoms with van der Waals surface area (Å²) < 4.78 is 0. The van der Waals surface area contributed by atoms with Crippen molar-refractivity contribution >= 4 is 40.0 Å². The highest BCUT2D eigenvalue weighted by Crippen LogP contribution is 2.68. The van der Waals surface area contributed by atoms with E-state index in [4.69, 9.17) is 0 Å². The number of halogens is 1. The van der Waals surface area contributed by atoms with Gasteiger partial charge in [-0.1, -0.05) is 38.8 Å². The number of carboxylic acid groups (broad SMARTS) is 1. The summed E-state index contributed by atoms with van der Waals surface area (Å²) in [5.41, 5.74) is 1.36. The molecule has 0 amide bonds. The predicted octanol–water partition coefficient (Wildman–Crippen LogP) is 4.45. The third-order valence-corrected chi connectivity index (χ3v) is 9.47. The lowest BCUT2D eigenvalue weighted by atomic mass is 10.0. The summed E-state index contributed by atoms with van der Waals surface area (Å²) in [6, 6.07) is 12.4. The highest BCUT2D eigenvalue weighted by Gasteiger charge is 2.34. The SMILES string of the molecule is O=C(O)CS(Br)(c1ncn[nH]1)c1ccc(C2CC2)c2ccccc12. The lowest BCUT2D eigenvalue weighted by molar-refractivity contribution is -0.133. The second-order valence-electron chi connectivity index (χ2n) is 5.96. The minimum absolute atomic E-state index is 0.0467. The molecule has 1 heterocycles. The molecule has 1 saturated carbocycles. The Balaban J connectivity index is 1.96. The van der Waals surface area contributed by atoms with Crippen LogP contribution in [-0.2, 0) is 4.79 Å². The first-order chi connectivity index (χ1) is 11.6.